The molecule has 1 aromatic heterocycles. The van der Waals surface area contributed by atoms with Crippen LogP contribution in [0.2, 0.25) is 0 Å². The number of anilines is 3. The largest absolute Gasteiger partial charge is 0.354 e. The van der Waals surface area contributed by atoms with Crippen LogP contribution in [0.1, 0.15) is 25.0 Å². The maximum atomic E-state index is 12.2. The SMILES string of the molecule is CCNc1nc(NCC)nc(SCC(=O)Nc2ccc(C)cc2C)n1. The van der Waals surface area contributed by atoms with E-state index in [1.807, 2.05) is 45.9 Å². The van der Waals surface area contributed by atoms with Crippen molar-refractivity contribution in [3.63, 3.8) is 0 Å². The predicted molar refractivity (Wildman–Crippen MR) is 103 cm³/mol. The van der Waals surface area contributed by atoms with Crippen LogP contribution in [0.4, 0.5) is 17.6 Å². The first-order valence-corrected chi connectivity index (χ1v) is 9.24. The molecule has 2 rings (SSSR count). The fourth-order valence-corrected chi connectivity index (χ4v) is 2.80. The minimum atomic E-state index is -0.0904. The van der Waals surface area contributed by atoms with Crippen LogP contribution in [0.25, 0.3) is 0 Å². The normalized spacial score (nSPS) is 10.4. The Morgan fingerprint density at radius 2 is 1.68 bits per heavy atom. The molecule has 0 saturated heterocycles. The molecular weight excluding hydrogens is 336 g/mol. The third-order valence-electron chi connectivity index (χ3n) is 3.27. The summed E-state index contributed by atoms with van der Waals surface area (Å²) in [6.07, 6.45) is 0. The second kappa shape index (κ2) is 9.22. The Balaban J connectivity index is 2.00. The zero-order valence-corrected chi connectivity index (χ0v) is 15.8. The van der Waals surface area contributed by atoms with E-state index in [2.05, 4.69) is 30.9 Å². The van der Waals surface area contributed by atoms with Crippen molar-refractivity contribution in [3.05, 3.63) is 29.3 Å². The van der Waals surface area contributed by atoms with Crippen LogP contribution >= 0.6 is 11.8 Å². The lowest BCUT2D eigenvalue weighted by molar-refractivity contribution is -0.113. The van der Waals surface area contributed by atoms with Gasteiger partial charge < -0.3 is 16.0 Å². The van der Waals surface area contributed by atoms with E-state index < -0.39 is 0 Å². The van der Waals surface area contributed by atoms with Gasteiger partial charge in [-0.1, -0.05) is 29.5 Å². The Kier molecular flexibility index (Phi) is 7.00. The van der Waals surface area contributed by atoms with Gasteiger partial charge in [0.05, 0.1) is 5.75 Å². The number of nitrogens with one attached hydrogen (secondary N) is 3. The number of carbonyl (C=O) groups excluding carboxylic acids is 1. The number of aryl methyl sites for hydroxylation is 2. The first kappa shape index (κ1) is 19.0. The summed E-state index contributed by atoms with van der Waals surface area (Å²) >= 11 is 1.28. The number of hydrogen-bond acceptors (Lipinski definition) is 7. The molecule has 8 heteroatoms. The van der Waals surface area contributed by atoms with Crippen molar-refractivity contribution in [1.82, 2.24) is 15.0 Å². The number of amides is 1. The van der Waals surface area contributed by atoms with Gasteiger partial charge in [0.15, 0.2) is 5.16 Å². The molecule has 0 aliphatic rings. The van der Waals surface area contributed by atoms with E-state index in [-0.39, 0.29) is 11.7 Å². The lowest BCUT2D eigenvalue weighted by Crippen LogP contribution is -2.15. The second-order valence-corrected chi connectivity index (χ2v) is 6.42. The molecule has 25 heavy (non-hydrogen) atoms. The molecule has 7 nitrogen and oxygen atoms in total. The van der Waals surface area contributed by atoms with Gasteiger partial charge in [0, 0.05) is 18.8 Å². The van der Waals surface area contributed by atoms with Gasteiger partial charge in [-0.25, -0.2) is 0 Å². The Morgan fingerprint density at radius 3 is 2.24 bits per heavy atom. The minimum absolute atomic E-state index is 0.0904. The lowest BCUT2D eigenvalue weighted by atomic mass is 10.1. The molecule has 0 saturated carbocycles. The van der Waals surface area contributed by atoms with Crippen molar-refractivity contribution in [2.75, 3.05) is 34.8 Å². The van der Waals surface area contributed by atoms with Gasteiger partial charge in [-0.2, -0.15) is 15.0 Å². The maximum absolute atomic E-state index is 12.2. The highest BCUT2D eigenvalue weighted by Crippen LogP contribution is 2.19. The molecule has 0 radical (unpaired) electrons. The molecule has 0 fully saturated rings. The molecule has 3 N–H and O–H groups in total. The smallest absolute Gasteiger partial charge is 0.234 e. The van der Waals surface area contributed by atoms with E-state index in [1.54, 1.807) is 0 Å². The van der Waals surface area contributed by atoms with E-state index in [0.29, 0.717) is 30.1 Å². The minimum Gasteiger partial charge on any atom is -0.354 e. The average Bonchev–Trinajstić information content (AvgIpc) is 2.56. The van der Waals surface area contributed by atoms with Crippen LogP contribution < -0.4 is 16.0 Å². The van der Waals surface area contributed by atoms with Gasteiger partial charge >= 0.3 is 0 Å². The molecular formula is C17H24N6OS. The van der Waals surface area contributed by atoms with Gasteiger partial charge in [-0.3, -0.25) is 4.79 Å². The Bertz CT molecular complexity index is 713. The van der Waals surface area contributed by atoms with Gasteiger partial charge in [0.2, 0.25) is 17.8 Å². The van der Waals surface area contributed by atoms with E-state index in [0.717, 1.165) is 11.3 Å². The number of hydrogen-bond donors (Lipinski definition) is 3. The fraction of sp³-hybridized carbons (Fsp3) is 0.412. The first-order chi connectivity index (χ1) is 12.0. The Morgan fingerprint density at radius 1 is 1.04 bits per heavy atom. The van der Waals surface area contributed by atoms with E-state index in [4.69, 9.17) is 0 Å². The highest BCUT2D eigenvalue weighted by Gasteiger charge is 2.10. The number of thioether (sulfide) groups is 1. The van der Waals surface area contributed by atoms with Gasteiger partial charge in [0.25, 0.3) is 0 Å². The van der Waals surface area contributed by atoms with E-state index in [1.165, 1.54) is 17.3 Å². The number of benzene rings is 1. The van der Waals surface area contributed by atoms with Gasteiger partial charge in [0.1, 0.15) is 0 Å². The van der Waals surface area contributed by atoms with Gasteiger partial charge in [-0.15, -0.1) is 0 Å². The summed E-state index contributed by atoms with van der Waals surface area (Å²) < 4.78 is 0. The van der Waals surface area contributed by atoms with Crippen LogP contribution in [0.5, 0.6) is 0 Å². The molecule has 134 valence electrons. The molecule has 0 aliphatic carbocycles. The monoisotopic (exact) mass is 360 g/mol. The molecule has 1 heterocycles. The number of rotatable bonds is 8. The molecule has 0 spiro atoms. The zero-order chi connectivity index (χ0) is 18.2. The van der Waals surface area contributed by atoms with Crippen molar-refractivity contribution >= 4 is 35.3 Å². The summed E-state index contributed by atoms with van der Waals surface area (Å²) in [4.78, 5) is 25.1. The summed E-state index contributed by atoms with van der Waals surface area (Å²) in [7, 11) is 0. The Hall–Kier alpha value is -2.35. The van der Waals surface area contributed by atoms with Crippen LogP contribution in [0, 0.1) is 13.8 Å². The molecule has 0 atom stereocenters. The summed E-state index contributed by atoms with van der Waals surface area (Å²) in [6.45, 7) is 9.38. The fourth-order valence-electron chi connectivity index (χ4n) is 2.17. The van der Waals surface area contributed by atoms with Crippen molar-refractivity contribution in [3.8, 4) is 0 Å². The van der Waals surface area contributed by atoms with Gasteiger partial charge in [-0.05, 0) is 39.3 Å². The molecule has 0 bridgehead atoms. The van der Waals surface area contributed by atoms with Crippen LogP contribution in [-0.4, -0.2) is 39.7 Å². The summed E-state index contributed by atoms with van der Waals surface area (Å²) in [6, 6.07) is 5.94. The highest BCUT2D eigenvalue weighted by atomic mass is 32.2. The average molecular weight is 360 g/mol. The topological polar surface area (TPSA) is 91.8 Å². The number of aromatic nitrogens is 3. The lowest BCUT2D eigenvalue weighted by Gasteiger charge is -2.10. The maximum Gasteiger partial charge on any atom is 0.234 e. The quantitative estimate of drug-likeness (QED) is 0.623. The van der Waals surface area contributed by atoms with Crippen LogP contribution in [0.15, 0.2) is 23.4 Å². The summed E-state index contributed by atoms with van der Waals surface area (Å²) in [5.41, 5.74) is 3.04. The molecule has 0 unspecified atom stereocenters. The third kappa shape index (κ3) is 5.90. The summed E-state index contributed by atoms with van der Waals surface area (Å²) in [5.74, 6) is 1.15. The Labute approximate surface area is 152 Å². The molecule has 2 aromatic rings. The molecule has 0 aliphatic heterocycles. The molecule has 1 amide bonds. The number of nitrogens with zero attached hydrogens (tertiary/aromatic N) is 3. The van der Waals surface area contributed by atoms with Crippen molar-refractivity contribution in [1.29, 1.82) is 0 Å². The highest BCUT2D eigenvalue weighted by molar-refractivity contribution is 7.99. The summed E-state index contributed by atoms with van der Waals surface area (Å²) in [5, 5.41) is 9.58. The van der Waals surface area contributed by atoms with E-state index >= 15 is 0 Å². The number of carbonyl (C=O) groups is 1. The second-order valence-electron chi connectivity index (χ2n) is 5.48. The zero-order valence-electron chi connectivity index (χ0n) is 15.0. The molecule has 1 aromatic carbocycles. The van der Waals surface area contributed by atoms with Crippen molar-refractivity contribution < 1.29 is 4.79 Å². The predicted octanol–water partition coefficient (Wildman–Crippen LogP) is 3.08. The van der Waals surface area contributed by atoms with Crippen LogP contribution in [-0.2, 0) is 4.79 Å². The van der Waals surface area contributed by atoms with Crippen molar-refractivity contribution in [2.45, 2.75) is 32.9 Å². The standard InChI is InChI=1S/C17H24N6OS/c1-5-18-15-21-16(19-6-2)23-17(22-15)25-10-14(24)20-13-8-7-11(3)9-12(13)4/h7-9H,5-6,10H2,1-4H3,(H,20,24)(H2,18,19,21,22,23). The first-order valence-electron chi connectivity index (χ1n) is 8.25. The van der Waals surface area contributed by atoms with Crippen molar-refractivity contribution in [2.24, 2.45) is 0 Å². The third-order valence-corrected chi connectivity index (χ3v) is 4.12. The van der Waals surface area contributed by atoms with E-state index in [9.17, 15) is 4.79 Å². The van der Waals surface area contributed by atoms with Crippen LogP contribution in [0.3, 0.4) is 0 Å².